The van der Waals surface area contributed by atoms with E-state index in [1.54, 1.807) is 10.4 Å². The first kappa shape index (κ1) is 16.2. The molecule has 0 nitrogen and oxygen atoms in total. The minimum Gasteiger partial charge on any atom is -0.0656 e. The van der Waals surface area contributed by atoms with Crippen LogP contribution in [0.2, 0.25) is 39.3 Å². The summed E-state index contributed by atoms with van der Waals surface area (Å²) in [5.41, 5.74) is 3.06. The molecule has 2 heteroatoms. The van der Waals surface area contributed by atoms with Gasteiger partial charge < -0.3 is 0 Å². The molecule has 2 rings (SSSR count). The van der Waals surface area contributed by atoms with E-state index >= 15 is 0 Å². The quantitative estimate of drug-likeness (QED) is 0.736. The molecule has 2 aromatic rings. The Morgan fingerprint density at radius 1 is 0.571 bits per heavy atom. The zero-order valence-electron chi connectivity index (χ0n) is 14.3. The van der Waals surface area contributed by atoms with Gasteiger partial charge in [-0.15, -0.1) is 0 Å². The van der Waals surface area contributed by atoms with Gasteiger partial charge in [-0.3, -0.25) is 0 Å². The van der Waals surface area contributed by atoms with Crippen molar-refractivity contribution in [3.8, 4) is 0 Å². The van der Waals surface area contributed by atoms with E-state index in [-0.39, 0.29) is 0 Å². The highest BCUT2D eigenvalue weighted by molar-refractivity contribution is 6.89. The standard InChI is InChI=1S/C19H28Si2/c1-20(2,3)18-13-9-7-11-16(18)15-17-12-8-10-14-19(17)21(4,5)6/h7-14H,15H2,1-6H3. The molecular weight excluding hydrogens is 284 g/mol. The lowest BCUT2D eigenvalue weighted by molar-refractivity contribution is 1.21. The summed E-state index contributed by atoms with van der Waals surface area (Å²) in [6, 6.07) is 18.1. The van der Waals surface area contributed by atoms with Crippen LogP contribution in [-0.4, -0.2) is 16.1 Å². The molecule has 0 aromatic heterocycles. The van der Waals surface area contributed by atoms with E-state index in [1.807, 2.05) is 0 Å². The van der Waals surface area contributed by atoms with Gasteiger partial charge in [0.2, 0.25) is 0 Å². The molecule has 0 saturated carbocycles. The molecule has 0 saturated heterocycles. The van der Waals surface area contributed by atoms with E-state index < -0.39 is 16.1 Å². The van der Waals surface area contributed by atoms with Crippen LogP contribution in [-0.2, 0) is 6.42 Å². The molecule has 0 unspecified atom stereocenters. The van der Waals surface area contributed by atoms with Gasteiger partial charge in [0.15, 0.2) is 0 Å². The summed E-state index contributed by atoms with van der Waals surface area (Å²) >= 11 is 0. The van der Waals surface area contributed by atoms with Gasteiger partial charge in [-0.1, -0.05) is 98.2 Å². The van der Waals surface area contributed by atoms with Crippen molar-refractivity contribution in [2.24, 2.45) is 0 Å². The zero-order valence-corrected chi connectivity index (χ0v) is 16.3. The Morgan fingerprint density at radius 2 is 0.905 bits per heavy atom. The van der Waals surface area contributed by atoms with Crippen molar-refractivity contribution in [2.75, 3.05) is 0 Å². The van der Waals surface area contributed by atoms with Gasteiger partial charge in [0.25, 0.3) is 0 Å². The topological polar surface area (TPSA) is 0 Å². The van der Waals surface area contributed by atoms with Crippen LogP contribution in [0.4, 0.5) is 0 Å². The predicted molar refractivity (Wildman–Crippen MR) is 102 cm³/mol. The minimum absolute atomic E-state index is 1.08. The van der Waals surface area contributed by atoms with Crippen LogP contribution in [0.25, 0.3) is 0 Å². The second kappa shape index (κ2) is 5.94. The van der Waals surface area contributed by atoms with E-state index in [1.165, 1.54) is 11.1 Å². The summed E-state index contributed by atoms with van der Waals surface area (Å²) in [6.07, 6.45) is 1.08. The molecule has 0 radical (unpaired) electrons. The third-order valence-electron chi connectivity index (χ3n) is 4.03. The minimum atomic E-state index is -1.28. The molecule has 0 amide bonds. The molecule has 112 valence electrons. The Morgan fingerprint density at radius 3 is 1.24 bits per heavy atom. The third-order valence-corrected chi connectivity index (χ3v) is 8.24. The number of hydrogen-bond donors (Lipinski definition) is 0. The lowest BCUT2D eigenvalue weighted by atomic mass is 10.0. The molecule has 0 atom stereocenters. The number of hydrogen-bond acceptors (Lipinski definition) is 0. The lowest BCUT2D eigenvalue weighted by Crippen LogP contribution is -2.42. The molecule has 0 aliphatic carbocycles. The van der Waals surface area contributed by atoms with Gasteiger partial charge in [0.05, 0.1) is 16.1 Å². The Bertz CT molecular complexity index is 560. The van der Waals surface area contributed by atoms with Gasteiger partial charge in [-0.25, -0.2) is 0 Å². The van der Waals surface area contributed by atoms with Crippen molar-refractivity contribution in [1.82, 2.24) is 0 Å². The third kappa shape index (κ3) is 3.95. The SMILES string of the molecule is C[Si](C)(C)c1ccccc1Cc1ccccc1[Si](C)(C)C. The molecule has 21 heavy (non-hydrogen) atoms. The fraction of sp³-hybridized carbons (Fsp3) is 0.368. The predicted octanol–water partition coefficient (Wildman–Crippen LogP) is 4.37. The van der Waals surface area contributed by atoms with E-state index in [4.69, 9.17) is 0 Å². The monoisotopic (exact) mass is 312 g/mol. The highest BCUT2D eigenvalue weighted by Gasteiger charge is 2.23. The maximum atomic E-state index is 2.44. The van der Waals surface area contributed by atoms with Crippen molar-refractivity contribution in [2.45, 2.75) is 45.7 Å². The average molecular weight is 313 g/mol. The van der Waals surface area contributed by atoms with Crippen molar-refractivity contribution >= 4 is 26.5 Å². The second-order valence-corrected chi connectivity index (χ2v) is 18.1. The second-order valence-electron chi connectivity index (χ2n) is 7.99. The largest absolute Gasteiger partial charge is 0.0779 e. The van der Waals surface area contributed by atoms with E-state index in [9.17, 15) is 0 Å². The number of rotatable bonds is 4. The molecule has 0 N–H and O–H groups in total. The van der Waals surface area contributed by atoms with Crippen LogP contribution >= 0.6 is 0 Å². The summed E-state index contributed by atoms with van der Waals surface area (Å²) in [4.78, 5) is 0. The Kier molecular flexibility index (Phi) is 4.59. The van der Waals surface area contributed by atoms with Gasteiger partial charge in [0.1, 0.15) is 0 Å². The maximum absolute atomic E-state index is 2.44. The summed E-state index contributed by atoms with van der Waals surface area (Å²) in [5.74, 6) is 0. The van der Waals surface area contributed by atoms with Gasteiger partial charge in [0, 0.05) is 0 Å². The van der Waals surface area contributed by atoms with Crippen LogP contribution in [0.1, 0.15) is 11.1 Å². The molecule has 2 aromatic carbocycles. The average Bonchev–Trinajstić information content (AvgIpc) is 2.37. The first-order valence-electron chi connectivity index (χ1n) is 7.86. The summed E-state index contributed by atoms with van der Waals surface area (Å²) in [6.45, 7) is 14.6. The van der Waals surface area contributed by atoms with Crippen LogP contribution in [0.3, 0.4) is 0 Å². The molecule has 0 fully saturated rings. The Balaban J connectivity index is 2.45. The highest BCUT2D eigenvalue weighted by atomic mass is 28.3. The van der Waals surface area contributed by atoms with Gasteiger partial charge in [-0.05, 0) is 17.5 Å². The molecule has 0 spiro atoms. The molecule has 0 aliphatic heterocycles. The highest BCUT2D eigenvalue weighted by Crippen LogP contribution is 2.14. The molecule has 0 aliphatic rings. The Labute approximate surface area is 132 Å². The maximum Gasteiger partial charge on any atom is 0.0779 e. The normalized spacial score (nSPS) is 12.5. The fourth-order valence-electron chi connectivity index (χ4n) is 3.02. The van der Waals surface area contributed by atoms with Crippen molar-refractivity contribution in [3.63, 3.8) is 0 Å². The van der Waals surface area contributed by atoms with Crippen LogP contribution < -0.4 is 10.4 Å². The van der Waals surface area contributed by atoms with Crippen LogP contribution in [0.15, 0.2) is 48.5 Å². The van der Waals surface area contributed by atoms with E-state index in [0.29, 0.717) is 0 Å². The van der Waals surface area contributed by atoms with E-state index in [0.717, 1.165) is 6.42 Å². The molecule has 0 heterocycles. The zero-order chi connectivity index (χ0) is 15.7. The van der Waals surface area contributed by atoms with Crippen LogP contribution in [0, 0.1) is 0 Å². The summed E-state index contributed by atoms with van der Waals surface area (Å²) < 4.78 is 0. The Hall–Kier alpha value is -1.13. The van der Waals surface area contributed by atoms with Gasteiger partial charge >= 0.3 is 0 Å². The molecule has 0 bridgehead atoms. The van der Waals surface area contributed by atoms with Gasteiger partial charge in [-0.2, -0.15) is 0 Å². The van der Waals surface area contributed by atoms with Crippen molar-refractivity contribution < 1.29 is 0 Å². The lowest BCUT2D eigenvalue weighted by Gasteiger charge is -2.24. The summed E-state index contributed by atoms with van der Waals surface area (Å²) in [5, 5.41) is 3.21. The summed E-state index contributed by atoms with van der Waals surface area (Å²) in [7, 11) is -2.57. The first-order valence-corrected chi connectivity index (χ1v) is 14.9. The smallest absolute Gasteiger partial charge is 0.0656 e. The van der Waals surface area contributed by atoms with Crippen molar-refractivity contribution in [1.29, 1.82) is 0 Å². The molecular formula is C19H28Si2. The fourth-order valence-corrected chi connectivity index (χ4v) is 6.48. The van der Waals surface area contributed by atoms with Crippen molar-refractivity contribution in [3.05, 3.63) is 59.7 Å². The van der Waals surface area contributed by atoms with Crippen LogP contribution in [0.5, 0.6) is 0 Å². The first-order chi connectivity index (χ1) is 9.69. The van der Waals surface area contributed by atoms with E-state index in [2.05, 4.69) is 87.8 Å². The number of benzene rings is 2.